The van der Waals surface area contributed by atoms with Gasteiger partial charge in [-0.15, -0.1) is 0 Å². The molecule has 5 rings (SSSR count). The van der Waals surface area contributed by atoms with Crippen molar-refractivity contribution in [3.8, 4) is 17.2 Å². The molecule has 3 aliphatic rings. The van der Waals surface area contributed by atoms with E-state index in [4.69, 9.17) is 18.9 Å². The Labute approximate surface area is 223 Å². The molecule has 7 heteroatoms. The Hall–Kier alpha value is -3.74. The van der Waals surface area contributed by atoms with Gasteiger partial charge in [-0.1, -0.05) is 12.1 Å². The zero-order chi connectivity index (χ0) is 26.8. The number of ether oxygens (including phenoxy) is 4. The van der Waals surface area contributed by atoms with Crippen LogP contribution in [-0.4, -0.2) is 39.2 Å². The molecule has 2 aromatic carbocycles. The normalized spacial score (nSPS) is 21.6. The minimum absolute atomic E-state index is 0.00751. The van der Waals surface area contributed by atoms with E-state index in [0.717, 1.165) is 48.3 Å². The van der Waals surface area contributed by atoms with E-state index in [1.165, 1.54) is 0 Å². The molecule has 2 atom stereocenters. The SMILES string of the molecule is COc1ccc([C@H]2CC(=O)C3=C(C2)NC(C)=C(C(=O)OC2CCCC2)[C@H]3c2cc(OC)ccc2OC)cc1. The first-order chi connectivity index (χ1) is 18.4. The molecule has 200 valence electrons. The fourth-order valence-electron chi connectivity index (χ4n) is 6.02. The van der Waals surface area contributed by atoms with E-state index in [1.54, 1.807) is 21.3 Å². The van der Waals surface area contributed by atoms with Gasteiger partial charge in [-0.05, 0) is 80.8 Å². The van der Waals surface area contributed by atoms with E-state index in [-0.39, 0.29) is 23.8 Å². The monoisotopic (exact) mass is 517 g/mol. The number of carbonyl (C=O) groups is 2. The summed E-state index contributed by atoms with van der Waals surface area (Å²) in [4.78, 5) is 27.6. The van der Waals surface area contributed by atoms with Crippen LogP contribution in [0.1, 0.15) is 68.4 Å². The summed E-state index contributed by atoms with van der Waals surface area (Å²) in [5, 5.41) is 3.43. The van der Waals surface area contributed by atoms with Crippen LogP contribution in [0.25, 0.3) is 0 Å². The van der Waals surface area contributed by atoms with Gasteiger partial charge in [0.1, 0.15) is 23.4 Å². The lowest BCUT2D eigenvalue weighted by atomic mass is 9.71. The van der Waals surface area contributed by atoms with E-state index < -0.39 is 5.92 Å². The second-order valence-electron chi connectivity index (χ2n) is 10.2. The summed E-state index contributed by atoms with van der Waals surface area (Å²) < 4.78 is 22.5. The van der Waals surface area contributed by atoms with Gasteiger partial charge >= 0.3 is 5.97 Å². The first kappa shape index (κ1) is 25.9. The van der Waals surface area contributed by atoms with Crippen molar-refractivity contribution < 1.29 is 28.5 Å². The molecule has 0 bridgehead atoms. The van der Waals surface area contributed by atoms with Gasteiger partial charge in [-0.3, -0.25) is 4.79 Å². The molecule has 0 spiro atoms. The predicted molar refractivity (Wildman–Crippen MR) is 143 cm³/mol. The van der Waals surface area contributed by atoms with Crippen molar-refractivity contribution in [2.24, 2.45) is 0 Å². The third-order valence-electron chi connectivity index (χ3n) is 7.96. The number of hydrogen-bond acceptors (Lipinski definition) is 7. The molecule has 0 aromatic heterocycles. The van der Waals surface area contributed by atoms with Gasteiger partial charge in [0.2, 0.25) is 0 Å². The van der Waals surface area contributed by atoms with E-state index in [9.17, 15) is 9.59 Å². The van der Waals surface area contributed by atoms with Gasteiger partial charge in [0, 0.05) is 29.0 Å². The Kier molecular flexibility index (Phi) is 7.45. The zero-order valence-electron chi connectivity index (χ0n) is 22.5. The minimum atomic E-state index is -0.616. The van der Waals surface area contributed by atoms with Crippen LogP contribution in [0, 0.1) is 0 Å². The van der Waals surface area contributed by atoms with Crippen molar-refractivity contribution in [3.05, 3.63) is 76.1 Å². The Morgan fingerprint density at radius 3 is 2.24 bits per heavy atom. The number of hydrogen-bond donors (Lipinski definition) is 1. The molecule has 2 aliphatic carbocycles. The van der Waals surface area contributed by atoms with Crippen molar-refractivity contribution in [1.82, 2.24) is 5.32 Å². The fraction of sp³-hybridized carbons (Fsp3) is 0.419. The average Bonchev–Trinajstić information content (AvgIpc) is 3.44. The summed E-state index contributed by atoms with van der Waals surface area (Å²) in [5.74, 6) is 1.03. The maximum atomic E-state index is 13.9. The number of carbonyl (C=O) groups excluding carboxylic acids is 2. The Bertz CT molecular complexity index is 1290. The molecule has 0 radical (unpaired) electrons. The summed E-state index contributed by atoms with van der Waals surface area (Å²) in [6.45, 7) is 1.89. The lowest BCUT2D eigenvalue weighted by Gasteiger charge is -2.37. The fourth-order valence-corrected chi connectivity index (χ4v) is 6.02. The topological polar surface area (TPSA) is 83.1 Å². The smallest absolute Gasteiger partial charge is 0.337 e. The maximum Gasteiger partial charge on any atom is 0.337 e. The molecule has 1 aliphatic heterocycles. The predicted octanol–water partition coefficient (Wildman–Crippen LogP) is 5.56. The highest BCUT2D eigenvalue weighted by Crippen LogP contribution is 2.48. The van der Waals surface area contributed by atoms with Crippen LogP contribution in [0.3, 0.4) is 0 Å². The zero-order valence-corrected chi connectivity index (χ0v) is 22.5. The maximum absolute atomic E-state index is 13.9. The summed E-state index contributed by atoms with van der Waals surface area (Å²) in [7, 11) is 4.83. The second-order valence-corrected chi connectivity index (χ2v) is 10.2. The van der Waals surface area contributed by atoms with Crippen LogP contribution in [0.4, 0.5) is 0 Å². The molecule has 2 aromatic rings. The minimum Gasteiger partial charge on any atom is -0.497 e. The Morgan fingerprint density at radius 1 is 0.895 bits per heavy atom. The van der Waals surface area contributed by atoms with Crippen molar-refractivity contribution in [3.63, 3.8) is 0 Å². The van der Waals surface area contributed by atoms with Gasteiger partial charge < -0.3 is 24.3 Å². The van der Waals surface area contributed by atoms with Crippen molar-refractivity contribution in [1.29, 1.82) is 0 Å². The highest BCUT2D eigenvalue weighted by atomic mass is 16.5. The number of allylic oxidation sites excluding steroid dienone is 3. The van der Waals surface area contributed by atoms with Crippen LogP contribution in [0.15, 0.2) is 65.0 Å². The van der Waals surface area contributed by atoms with Crippen LogP contribution in [0.2, 0.25) is 0 Å². The van der Waals surface area contributed by atoms with E-state index in [2.05, 4.69) is 5.32 Å². The van der Waals surface area contributed by atoms with Gasteiger partial charge in [-0.25, -0.2) is 4.79 Å². The molecule has 0 saturated heterocycles. The number of Topliss-reactive ketones (excluding diaryl/α,β-unsaturated/α-hetero) is 1. The standard InChI is InChI=1S/C31H35NO6/c1-18-28(31(34)38-22-7-5-6-8-22)29(24-17-23(36-3)13-14-27(24)37-4)30-25(32-18)15-20(16-26(30)33)19-9-11-21(35-2)12-10-19/h9-14,17,20,22,29,32H,5-8,15-16H2,1-4H3/t20-,29-/m1/s1. The number of nitrogens with one attached hydrogen (secondary N) is 1. The van der Waals surface area contributed by atoms with Crippen LogP contribution in [-0.2, 0) is 14.3 Å². The summed E-state index contributed by atoms with van der Waals surface area (Å²) in [6.07, 6.45) is 4.76. The van der Waals surface area contributed by atoms with E-state index in [0.29, 0.717) is 41.2 Å². The second kappa shape index (κ2) is 10.9. The molecule has 1 heterocycles. The molecule has 1 fully saturated rings. The number of rotatable bonds is 7. The Morgan fingerprint density at radius 2 is 1.58 bits per heavy atom. The number of esters is 1. The van der Waals surface area contributed by atoms with Crippen LogP contribution < -0.4 is 19.5 Å². The van der Waals surface area contributed by atoms with Crippen molar-refractivity contribution >= 4 is 11.8 Å². The van der Waals surface area contributed by atoms with E-state index >= 15 is 0 Å². The summed E-state index contributed by atoms with van der Waals surface area (Å²) in [6, 6.07) is 13.4. The molecular formula is C31H35NO6. The van der Waals surface area contributed by atoms with Crippen LogP contribution in [0.5, 0.6) is 17.2 Å². The lowest BCUT2D eigenvalue weighted by Crippen LogP contribution is -2.36. The van der Waals surface area contributed by atoms with Gasteiger partial charge in [0.15, 0.2) is 5.78 Å². The molecular weight excluding hydrogens is 482 g/mol. The van der Waals surface area contributed by atoms with Gasteiger partial charge in [0.25, 0.3) is 0 Å². The number of benzene rings is 2. The lowest BCUT2D eigenvalue weighted by molar-refractivity contribution is -0.144. The highest BCUT2D eigenvalue weighted by Gasteiger charge is 2.43. The number of methoxy groups -OCH3 is 3. The average molecular weight is 518 g/mol. The molecule has 38 heavy (non-hydrogen) atoms. The first-order valence-corrected chi connectivity index (χ1v) is 13.2. The van der Waals surface area contributed by atoms with E-state index in [1.807, 2.05) is 49.4 Å². The van der Waals surface area contributed by atoms with Crippen molar-refractivity contribution in [2.45, 2.75) is 63.4 Å². The first-order valence-electron chi connectivity index (χ1n) is 13.2. The third-order valence-corrected chi connectivity index (χ3v) is 7.96. The van der Waals surface area contributed by atoms with Crippen LogP contribution >= 0.6 is 0 Å². The quantitative estimate of drug-likeness (QED) is 0.482. The number of dihydropyridines is 1. The van der Waals surface area contributed by atoms with Gasteiger partial charge in [-0.2, -0.15) is 0 Å². The molecule has 7 nitrogen and oxygen atoms in total. The molecule has 0 unspecified atom stereocenters. The highest BCUT2D eigenvalue weighted by molar-refractivity contribution is 6.04. The van der Waals surface area contributed by atoms with Gasteiger partial charge in [0.05, 0.1) is 32.8 Å². The Balaban J connectivity index is 1.58. The number of ketones is 1. The molecule has 1 saturated carbocycles. The summed E-state index contributed by atoms with van der Waals surface area (Å²) in [5.41, 5.74) is 4.39. The molecule has 1 N–H and O–H groups in total. The largest absolute Gasteiger partial charge is 0.497 e. The van der Waals surface area contributed by atoms with Crippen molar-refractivity contribution in [2.75, 3.05) is 21.3 Å². The summed E-state index contributed by atoms with van der Waals surface area (Å²) >= 11 is 0. The molecule has 0 amide bonds. The third kappa shape index (κ3) is 4.89.